The maximum absolute atomic E-state index is 6.27. The van der Waals surface area contributed by atoms with Crippen LogP contribution in [-0.2, 0) is 20.9 Å². The van der Waals surface area contributed by atoms with E-state index in [9.17, 15) is 0 Å². The van der Waals surface area contributed by atoms with Gasteiger partial charge < -0.3 is 0 Å². The number of hydrogen-bond acceptors (Lipinski definition) is 2. The van der Waals surface area contributed by atoms with Crippen molar-refractivity contribution < 1.29 is 20.9 Å². The van der Waals surface area contributed by atoms with Gasteiger partial charge in [0, 0.05) is 0 Å². The molecule has 0 fully saturated rings. The molecule has 0 aromatic heterocycles. The van der Waals surface area contributed by atoms with Crippen molar-refractivity contribution in [2.45, 2.75) is 52.2 Å². The topological polar surface area (TPSA) is 12.5 Å². The van der Waals surface area contributed by atoms with Crippen LogP contribution in [0.15, 0.2) is 54.7 Å². The number of rotatable bonds is 9. The molecule has 2 rings (SSSR count). The quantitative estimate of drug-likeness (QED) is 0.271. The average molecular weight is 488 g/mol. The van der Waals surface area contributed by atoms with E-state index in [-0.39, 0.29) is 38.0 Å². The van der Waals surface area contributed by atoms with Gasteiger partial charge in [0.1, 0.15) is 0 Å². The first kappa shape index (κ1) is 27.4. The maximum atomic E-state index is 6.27. The maximum Gasteiger partial charge on any atom is 2.00 e. The Morgan fingerprint density at radius 3 is 2.61 bits per heavy atom. The molecule has 28 heavy (non-hydrogen) atoms. The van der Waals surface area contributed by atoms with Crippen molar-refractivity contribution in [1.29, 1.82) is 0 Å². The SMILES string of the molecule is C=C[C@](C)(CCC=C(C)C)O[Se]c1ccc[c-]1[C@H](C)N(C)C.[CH]1[CH][CH-]C=C1.[Fe+2]. The molecule has 2 radical (unpaired) electrons. The number of hydrogen-bond donors (Lipinski definition) is 0. The fourth-order valence-corrected chi connectivity index (χ4v) is 4.29. The Morgan fingerprint density at radius 2 is 2.14 bits per heavy atom. The third kappa shape index (κ3) is 10.3. The second-order valence-corrected chi connectivity index (χ2v) is 9.07. The molecule has 0 unspecified atom stereocenters. The molecule has 0 heterocycles. The molecule has 2 nitrogen and oxygen atoms in total. The molecule has 0 spiro atoms. The van der Waals surface area contributed by atoms with Crippen LogP contribution >= 0.6 is 0 Å². The van der Waals surface area contributed by atoms with Gasteiger partial charge in [-0.05, 0) is 0 Å². The molecule has 0 aliphatic heterocycles. The van der Waals surface area contributed by atoms with E-state index in [0.717, 1.165) is 12.8 Å². The van der Waals surface area contributed by atoms with Gasteiger partial charge >= 0.3 is 160 Å². The molecule has 1 aliphatic carbocycles. The van der Waals surface area contributed by atoms with Gasteiger partial charge in [-0.1, -0.05) is 0 Å². The van der Waals surface area contributed by atoms with Crippen molar-refractivity contribution in [3.8, 4) is 0 Å². The Balaban J connectivity index is 0.00000105. The van der Waals surface area contributed by atoms with Gasteiger partial charge in [0.15, 0.2) is 0 Å². The second kappa shape index (κ2) is 14.4. The Bertz CT molecular complexity index is 610. The van der Waals surface area contributed by atoms with E-state index in [2.05, 4.69) is 77.5 Å². The van der Waals surface area contributed by atoms with Crippen molar-refractivity contribution in [2.24, 2.45) is 0 Å². The fraction of sp³-hybridized carbons (Fsp3) is 0.417. The second-order valence-electron chi connectivity index (χ2n) is 7.45. The summed E-state index contributed by atoms with van der Waals surface area (Å²) in [6, 6.07) is 6.94. The predicted octanol–water partition coefficient (Wildman–Crippen LogP) is 5.15. The summed E-state index contributed by atoms with van der Waals surface area (Å²) < 4.78 is 7.61. The van der Waals surface area contributed by atoms with Gasteiger partial charge in [0.2, 0.25) is 0 Å². The summed E-state index contributed by atoms with van der Waals surface area (Å²) in [4.78, 5) is 2.23. The molecule has 156 valence electrons. The van der Waals surface area contributed by atoms with Crippen LogP contribution in [0.2, 0.25) is 0 Å². The first-order valence-corrected chi connectivity index (χ1v) is 11.1. The zero-order valence-corrected chi connectivity index (χ0v) is 20.9. The van der Waals surface area contributed by atoms with Gasteiger partial charge in [-0.25, -0.2) is 18.6 Å². The molecule has 0 saturated heterocycles. The Labute approximate surface area is 190 Å². The summed E-state index contributed by atoms with van der Waals surface area (Å²) in [6.07, 6.45) is 16.2. The summed E-state index contributed by atoms with van der Waals surface area (Å²) in [5.74, 6) is 0. The van der Waals surface area contributed by atoms with Crippen molar-refractivity contribution in [3.63, 3.8) is 0 Å². The molecule has 0 bridgehead atoms. The molecule has 2 atom stereocenters. The van der Waals surface area contributed by atoms with Crippen LogP contribution in [0.5, 0.6) is 0 Å². The van der Waals surface area contributed by atoms with E-state index in [1.807, 2.05) is 37.5 Å². The Kier molecular flexibility index (Phi) is 14.1. The molecule has 1 aliphatic rings. The van der Waals surface area contributed by atoms with Crippen molar-refractivity contribution >= 4 is 19.7 Å². The average Bonchev–Trinajstić information content (AvgIpc) is 3.33. The summed E-state index contributed by atoms with van der Waals surface area (Å²) in [5, 5.41) is 0. The van der Waals surface area contributed by atoms with E-state index in [4.69, 9.17) is 3.82 Å². The summed E-state index contributed by atoms with van der Waals surface area (Å²) in [7, 11) is 4.23. The van der Waals surface area contributed by atoms with Crippen LogP contribution in [0, 0.1) is 19.3 Å². The Hall–Kier alpha value is -0.601. The van der Waals surface area contributed by atoms with Crippen LogP contribution < -0.4 is 4.46 Å². The van der Waals surface area contributed by atoms with E-state index in [0.29, 0.717) is 6.04 Å². The first-order valence-electron chi connectivity index (χ1n) is 9.50. The van der Waals surface area contributed by atoms with E-state index >= 15 is 0 Å². The standard InChI is InChI=1S/C19H30NOSe.C5H5.Fe/c1-8-19(5,14-10-11-15(2)3)21-22-18-13-9-12-17(18)16(4)20(6)7;1-2-4-5-3-1;/h8-9,11-13,16H,1,10,14H2,2-7H3;1-5H;/q2*-1;+2/t16-,19+;;/m0../s1. The Morgan fingerprint density at radius 1 is 1.43 bits per heavy atom. The van der Waals surface area contributed by atoms with Gasteiger partial charge in [-0.3, -0.25) is 0 Å². The molecule has 0 saturated carbocycles. The smallest absolute Gasteiger partial charge is 0.231 e. The van der Waals surface area contributed by atoms with Crippen LogP contribution in [0.3, 0.4) is 0 Å². The van der Waals surface area contributed by atoms with E-state index < -0.39 is 0 Å². The van der Waals surface area contributed by atoms with Gasteiger partial charge in [0.05, 0.1) is 0 Å². The van der Waals surface area contributed by atoms with Crippen molar-refractivity contribution in [3.05, 3.63) is 79.5 Å². The van der Waals surface area contributed by atoms with Crippen LogP contribution in [0.4, 0.5) is 0 Å². The van der Waals surface area contributed by atoms with Crippen LogP contribution in [-0.4, -0.2) is 39.9 Å². The normalized spacial score (nSPS) is 15.5. The van der Waals surface area contributed by atoms with E-state index in [1.54, 1.807) is 0 Å². The monoisotopic (exact) mass is 489 g/mol. The summed E-state index contributed by atoms with van der Waals surface area (Å²) in [5.41, 5.74) is 2.48. The minimum atomic E-state index is -0.248. The van der Waals surface area contributed by atoms with Gasteiger partial charge in [-0.2, -0.15) is 0 Å². The van der Waals surface area contributed by atoms with Crippen LogP contribution in [0.25, 0.3) is 0 Å². The van der Waals surface area contributed by atoms with Gasteiger partial charge in [-0.15, -0.1) is 12.8 Å². The van der Waals surface area contributed by atoms with Crippen molar-refractivity contribution in [2.75, 3.05) is 14.1 Å². The van der Waals surface area contributed by atoms with E-state index in [1.165, 1.54) is 15.6 Å². The summed E-state index contributed by atoms with van der Waals surface area (Å²) in [6.45, 7) is 12.6. The minimum absolute atomic E-state index is 0. The molecular formula is C24H35FeNOSe. The number of allylic oxidation sites excluding steroid dienone is 4. The number of nitrogens with zero attached hydrogens (tertiary/aromatic N) is 1. The van der Waals surface area contributed by atoms with Gasteiger partial charge in [0.25, 0.3) is 0 Å². The molecular weight excluding hydrogens is 453 g/mol. The molecule has 1 aromatic carbocycles. The zero-order valence-electron chi connectivity index (χ0n) is 18.1. The third-order valence-electron chi connectivity index (χ3n) is 4.54. The zero-order chi connectivity index (χ0) is 20.3. The van der Waals surface area contributed by atoms with Crippen molar-refractivity contribution in [1.82, 2.24) is 4.90 Å². The first-order chi connectivity index (χ1) is 12.8. The summed E-state index contributed by atoms with van der Waals surface area (Å²) >= 11 is 0.0109. The predicted molar refractivity (Wildman–Crippen MR) is 120 cm³/mol. The molecule has 1 aromatic rings. The largest absolute Gasteiger partial charge is 2.00 e. The minimum Gasteiger partial charge on any atom is -0.231 e. The molecule has 0 N–H and O–H groups in total. The third-order valence-corrected chi connectivity index (χ3v) is 6.67. The van der Waals surface area contributed by atoms with Crippen LogP contribution in [0.1, 0.15) is 52.1 Å². The molecule has 0 amide bonds. The fourth-order valence-electron chi connectivity index (χ4n) is 2.40. The molecule has 4 heteroatoms.